The molecule has 2 rings (SSSR count). The summed E-state index contributed by atoms with van der Waals surface area (Å²) in [6, 6.07) is 0. The first-order chi connectivity index (χ1) is 8.37. The van der Waals surface area contributed by atoms with Crippen molar-refractivity contribution < 1.29 is 14.3 Å². The fourth-order valence-corrected chi connectivity index (χ4v) is 2.14. The molecule has 1 heterocycles. The van der Waals surface area contributed by atoms with Crippen LogP contribution in [-0.2, 0) is 9.53 Å². The zero-order valence-corrected chi connectivity index (χ0v) is 11.1. The minimum Gasteiger partial charge on any atom is -0.444 e. The minimum atomic E-state index is -0.467. The number of carbonyl (C=O) groups is 2. The second-order valence-electron chi connectivity index (χ2n) is 5.82. The number of hydrogen-bond acceptors (Lipinski definition) is 3. The van der Waals surface area contributed by atoms with Gasteiger partial charge < -0.3 is 9.64 Å². The number of rotatable bonds is 1. The highest BCUT2D eigenvalue weighted by Gasteiger charge is 2.39. The molecule has 0 N–H and O–H groups in total. The van der Waals surface area contributed by atoms with Gasteiger partial charge in [0.2, 0.25) is 0 Å². The van der Waals surface area contributed by atoms with E-state index in [9.17, 15) is 9.59 Å². The van der Waals surface area contributed by atoms with Gasteiger partial charge in [-0.3, -0.25) is 4.79 Å². The maximum atomic E-state index is 11.7. The molecule has 0 aromatic heterocycles. The van der Waals surface area contributed by atoms with Crippen molar-refractivity contribution in [3.63, 3.8) is 0 Å². The van der Waals surface area contributed by atoms with Crippen LogP contribution in [0, 0.1) is 11.8 Å². The monoisotopic (exact) mass is 249 g/mol. The largest absolute Gasteiger partial charge is 0.444 e. The molecule has 0 radical (unpaired) electrons. The number of ether oxygens (including phenoxy) is 1. The molecule has 0 spiro atoms. The van der Waals surface area contributed by atoms with E-state index in [-0.39, 0.29) is 23.7 Å². The fraction of sp³-hybridized carbons (Fsp3) is 0.571. The first-order valence-electron chi connectivity index (χ1n) is 6.23. The molecule has 4 heteroatoms. The summed E-state index contributed by atoms with van der Waals surface area (Å²) in [6.07, 6.45) is 6.87. The summed E-state index contributed by atoms with van der Waals surface area (Å²) in [4.78, 5) is 25.0. The minimum absolute atomic E-state index is 0.0753. The van der Waals surface area contributed by atoms with Crippen LogP contribution in [0.3, 0.4) is 0 Å². The van der Waals surface area contributed by atoms with Gasteiger partial charge >= 0.3 is 6.09 Å². The summed E-state index contributed by atoms with van der Waals surface area (Å²) in [7, 11) is 0. The summed E-state index contributed by atoms with van der Waals surface area (Å²) in [5, 5.41) is 0. The van der Waals surface area contributed by atoms with Crippen molar-refractivity contribution in [1.82, 2.24) is 4.90 Å². The van der Waals surface area contributed by atoms with E-state index in [4.69, 9.17) is 4.74 Å². The molecule has 1 amide bonds. The molecule has 1 fully saturated rings. The first kappa shape index (κ1) is 12.9. The average Bonchev–Trinajstić information content (AvgIpc) is 2.15. The highest BCUT2D eigenvalue weighted by molar-refractivity contribution is 5.94. The average molecular weight is 249 g/mol. The summed E-state index contributed by atoms with van der Waals surface area (Å²) < 4.78 is 5.27. The molecule has 0 saturated carbocycles. The lowest BCUT2D eigenvalue weighted by Gasteiger charge is -2.42. The molecular formula is C14H19NO3. The normalized spacial score (nSPS) is 24.1. The molecule has 1 aliphatic heterocycles. The Hall–Kier alpha value is -1.58. The third-order valence-corrected chi connectivity index (χ3v) is 3.09. The lowest BCUT2D eigenvalue weighted by Crippen LogP contribution is -2.54. The van der Waals surface area contributed by atoms with Gasteiger partial charge in [0.1, 0.15) is 5.60 Å². The molecule has 18 heavy (non-hydrogen) atoms. The van der Waals surface area contributed by atoms with Gasteiger partial charge in [0.05, 0.1) is 0 Å². The molecule has 0 aromatic rings. The fourth-order valence-electron chi connectivity index (χ4n) is 2.14. The molecular weight excluding hydrogens is 230 g/mol. The number of amides is 1. The Balaban J connectivity index is 1.84. The third kappa shape index (κ3) is 2.81. The lowest BCUT2D eigenvalue weighted by molar-refractivity contribution is -0.120. The zero-order valence-electron chi connectivity index (χ0n) is 11.1. The van der Waals surface area contributed by atoms with Crippen LogP contribution in [0.2, 0.25) is 0 Å². The van der Waals surface area contributed by atoms with Gasteiger partial charge in [0, 0.05) is 24.9 Å². The Labute approximate surface area is 107 Å². The molecule has 2 aliphatic rings. The van der Waals surface area contributed by atoms with E-state index in [0.29, 0.717) is 13.1 Å². The molecule has 1 saturated heterocycles. The van der Waals surface area contributed by atoms with Gasteiger partial charge in [-0.25, -0.2) is 4.79 Å². The van der Waals surface area contributed by atoms with Crippen LogP contribution in [0.25, 0.3) is 0 Å². The quantitative estimate of drug-likeness (QED) is 0.715. The Morgan fingerprint density at radius 2 is 2.00 bits per heavy atom. The predicted octanol–water partition coefficient (Wildman–Crippen LogP) is 2.16. The van der Waals surface area contributed by atoms with Gasteiger partial charge in [-0.1, -0.05) is 18.2 Å². The van der Waals surface area contributed by atoms with Gasteiger partial charge in [-0.15, -0.1) is 0 Å². The Bertz CT molecular complexity index is 411. The van der Waals surface area contributed by atoms with Crippen molar-refractivity contribution in [1.29, 1.82) is 0 Å². The number of nitrogens with zero attached hydrogens (tertiary/aromatic N) is 1. The zero-order chi connectivity index (χ0) is 13.3. The third-order valence-electron chi connectivity index (χ3n) is 3.09. The van der Waals surface area contributed by atoms with Gasteiger partial charge in [-0.05, 0) is 26.8 Å². The van der Waals surface area contributed by atoms with E-state index in [1.807, 2.05) is 32.9 Å². The number of hydrogen-bond donors (Lipinski definition) is 0. The summed E-state index contributed by atoms with van der Waals surface area (Å²) in [5.41, 5.74) is -0.467. The van der Waals surface area contributed by atoms with Crippen molar-refractivity contribution in [3.05, 3.63) is 24.3 Å². The summed E-state index contributed by atoms with van der Waals surface area (Å²) in [6.45, 7) is 6.74. The van der Waals surface area contributed by atoms with E-state index in [2.05, 4.69) is 0 Å². The Morgan fingerprint density at radius 1 is 1.33 bits per heavy atom. The van der Waals surface area contributed by atoms with Gasteiger partial charge in [0.15, 0.2) is 5.78 Å². The van der Waals surface area contributed by atoms with Gasteiger partial charge in [-0.2, -0.15) is 0 Å². The van der Waals surface area contributed by atoms with Crippen LogP contribution in [0.4, 0.5) is 4.79 Å². The maximum Gasteiger partial charge on any atom is 0.410 e. The molecule has 1 atom stereocenters. The SMILES string of the molecule is CC(C)(C)OC(=O)N1CC(C2C=CC=CC2=O)C1. The van der Waals surface area contributed by atoms with Crippen LogP contribution < -0.4 is 0 Å². The lowest BCUT2D eigenvalue weighted by atomic mass is 9.81. The topological polar surface area (TPSA) is 46.6 Å². The highest BCUT2D eigenvalue weighted by atomic mass is 16.6. The molecule has 0 bridgehead atoms. The number of ketones is 1. The second-order valence-corrected chi connectivity index (χ2v) is 5.82. The van der Waals surface area contributed by atoms with E-state index in [1.54, 1.807) is 17.1 Å². The van der Waals surface area contributed by atoms with Crippen LogP contribution in [0.5, 0.6) is 0 Å². The van der Waals surface area contributed by atoms with E-state index in [0.717, 1.165) is 0 Å². The predicted molar refractivity (Wildman–Crippen MR) is 68.1 cm³/mol. The molecule has 0 aromatic carbocycles. The van der Waals surface area contributed by atoms with Crippen molar-refractivity contribution in [2.45, 2.75) is 26.4 Å². The Morgan fingerprint density at radius 3 is 2.56 bits per heavy atom. The highest BCUT2D eigenvalue weighted by Crippen LogP contribution is 2.28. The molecule has 4 nitrogen and oxygen atoms in total. The van der Waals surface area contributed by atoms with Gasteiger partial charge in [0.25, 0.3) is 0 Å². The molecule has 1 unspecified atom stereocenters. The van der Waals surface area contributed by atoms with Crippen LogP contribution in [0.1, 0.15) is 20.8 Å². The number of allylic oxidation sites excluding steroid dienone is 4. The number of likely N-dealkylation sites (tertiary alicyclic amines) is 1. The smallest absolute Gasteiger partial charge is 0.410 e. The van der Waals surface area contributed by atoms with Crippen molar-refractivity contribution in [2.75, 3.05) is 13.1 Å². The van der Waals surface area contributed by atoms with Crippen molar-refractivity contribution in [3.8, 4) is 0 Å². The summed E-state index contributed by atoms with van der Waals surface area (Å²) >= 11 is 0. The number of carbonyl (C=O) groups excluding carboxylic acids is 2. The Kier molecular flexibility index (Phi) is 3.28. The van der Waals surface area contributed by atoms with E-state index < -0.39 is 5.60 Å². The van der Waals surface area contributed by atoms with Crippen LogP contribution >= 0.6 is 0 Å². The van der Waals surface area contributed by atoms with Crippen molar-refractivity contribution in [2.24, 2.45) is 11.8 Å². The maximum absolute atomic E-state index is 11.7. The van der Waals surface area contributed by atoms with E-state index in [1.165, 1.54) is 0 Å². The van der Waals surface area contributed by atoms with Crippen molar-refractivity contribution >= 4 is 11.9 Å². The van der Waals surface area contributed by atoms with Crippen LogP contribution in [-0.4, -0.2) is 35.5 Å². The molecule has 98 valence electrons. The first-order valence-corrected chi connectivity index (χ1v) is 6.23. The second kappa shape index (κ2) is 4.59. The van der Waals surface area contributed by atoms with E-state index >= 15 is 0 Å². The standard InChI is InChI=1S/C14H19NO3/c1-14(2,3)18-13(17)15-8-10(9-15)11-6-4-5-7-12(11)16/h4-7,10-11H,8-9H2,1-3H3. The summed E-state index contributed by atoms with van der Waals surface area (Å²) in [5.74, 6) is 0.284. The van der Waals surface area contributed by atoms with Crippen LogP contribution in [0.15, 0.2) is 24.3 Å². The molecule has 1 aliphatic carbocycles.